The first-order chi connectivity index (χ1) is 15.1. The number of rotatable bonds is 3. The highest BCUT2D eigenvalue weighted by molar-refractivity contribution is 6.04. The standard InChI is InChI=1S/C23H24F2N2O5/c1-22-7-3-2-4-8-23(22,32)12-27-11-15(18(28)19(29)17(27)20(22)30)21(31)26-10-13-5-6-14(24)9-16(13)25/h5-6,9,11,29,32H,2-4,7-8,10,12H2,1H3,(H,26,31). The fraction of sp³-hybridized carbons (Fsp3) is 0.435. The van der Waals surface area contributed by atoms with Gasteiger partial charge in [-0.3, -0.25) is 14.4 Å². The first-order valence-corrected chi connectivity index (χ1v) is 10.5. The predicted octanol–water partition coefficient (Wildman–Crippen LogP) is 2.66. The van der Waals surface area contributed by atoms with Gasteiger partial charge in [-0.25, -0.2) is 8.78 Å². The highest BCUT2D eigenvalue weighted by atomic mass is 19.1. The SMILES string of the molecule is CC12CCCCCC1(O)Cn1cc(C(=O)NCc3ccc(F)cc3F)c(=O)c(O)c1C2=O. The quantitative estimate of drug-likeness (QED) is 0.672. The average molecular weight is 446 g/mol. The lowest BCUT2D eigenvalue weighted by molar-refractivity contribution is -0.0832. The summed E-state index contributed by atoms with van der Waals surface area (Å²) >= 11 is 0. The molecule has 2 atom stereocenters. The van der Waals surface area contributed by atoms with E-state index in [1.165, 1.54) is 10.6 Å². The molecule has 1 aromatic heterocycles. The third-order valence-corrected chi connectivity index (χ3v) is 6.90. The van der Waals surface area contributed by atoms with Crippen molar-refractivity contribution in [3.8, 4) is 5.75 Å². The summed E-state index contributed by atoms with van der Waals surface area (Å²) in [5.74, 6) is -3.87. The van der Waals surface area contributed by atoms with Crippen LogP contribution in [0, 0.1) is 17.0 Å². The molecule has 1 saturated carbocycles. The summed E-state index contributed by atoms with van der Waals surface area (Å²) in [4.78, 5) is 38.6. The molecule has 0 spiro atoms. The molecular formula is C23H24F2N2O5. The van der Waals surface area contributed by atoms with E-state index in [0.29, 0.717) is 18.9 Å². The molecule has 2 aromatic rings. The molecule has 9 heteroatoms. The first kappa shape index (κ1) is 22.1. The zero-order valence-electron chi connectivity index (χ0n) is 17.6. The average Bonchev–Trinajstić information content (AvgIpc) is 2.89. The van der Waals surface area contributed by atoms with Crippen LogP contribution in [0.1, 0.15) is 65.4 Å². The molecule has 1 aromatic carbocycles. The van der Waals surface area contributed by atoms with Crippen molar-refractivity contribution in [3.05, 3.63) is 63.1 Å². The molecule has 2 aliphatic rings. The van der Waals surface area contributed by atoms with E-state index in [0.717, 1.165) is 31.5 Å². The number of ketones is 1. The first-order valence-electron chi connectivity index (χ1n) is 10.5. The van der Waals surface area contributed by atoms with Gasteiger partial charge in [0.25, 0.3) is 5.91 Å². The highest BCUT2D eigenvalue weighted by Gasteiger charge is 2.56. The van der Waals surface area contributed by atoms with E-state index in [4.69, 9.17) is 0 Å². The van der Waals surface area contributed by atoms with Crippen molar-refractivity contribution in [2.45, 2.75) is 57.7 Å². The summed E-state index contributed by atoms with van der Waals surface area (Å²) in [6, 6.07) is 2.89. The van der Waals surface area contributed by atoms with Crippen LogP contribution in [0.3, 0.4) is 0 Å². The lowest BCUT2D eigenvalue weighted by Gasteiger charge is -2.47. The number of hydrogen-bond acceptors (Lipinski definition) is 5. The lowest BCUT2D eigenvalue weighted by atomic mass is 9.64. The number of Topliss-reactive ketones (excluding diaryl/α,β-unsaturated/α-hetero) is 1. The molecule has 0 radical (unpaired) electrons. The maximum Gasteiger partial charge on any atom is 0.257 e. The third-order valence-electron chi connectivity index (χ3n) is 6.90. The summed E-state index contributed by atoms with van der Waals surface area (Å²) in [5, 5.41) is 24.3. The van der Waals surface area contributed by atoms with Gasteiger partial charge in [-0.05, 0) is 25.8 Å². The second-order valence-electron chi connectivity index (χ2n) is 8.87. The van der Waals surface area contributed by atoms with Crippen LogP contribution in [0.25, 0.3) is 0 Å². The van der Waals surface area contributed by atoms with Crippen LogP contribution < -0.4 is 10.7 Å². The smallest absolute Gasteiger partial charge is 0.257 e. The molecule has 0 saturated heterocycles. The Morgan fingerprint density at radius 3 is 2.62 bits per heavy atom. The summed E-state index contributed by atoms with van der Waals surface area (Å²) in [6.45, 7) is 1.30. The van der Waals surface area contributed by atoms with E-state index in [-0.39, 0.29) is 24.3 Å². The minimum Gasteiger partial charge on any atom is -0.503 e. The molecule has 0 bridgehead atoms. The predicted molar refractivity (Wildman–Crippen MR) is 110 cm³/mol. The Kier molecular flexibility index (Phi) is 5.40. The number of fused-ring (bicyclic) bond motifs is 2. The Hall–Kier alpha value is -3.07. The summed E-state index contributed by atoms with van der Waals surface area (Å²) in [6.07, 6.45) is 4.30. The number of carbonyl (C=O) groups is 2. The van der Waals surface area contributed by atoms with Crippen LogP contribution in [0.4, 0.5) is 8.78 Å². The number of amides is 1. The second kappa shape index (κ2) is 7.81. The van der Waals surface area contributed by atoms with Crippen LogP contribution in [0.2, 0.25) is 0 Å². The van der Waals surface area contributed by atoms with Gasteiger partial charge in [0.05, 0.1) is 17.6 Å². The normalized spacial score (nSPS) is 24.9. The summed E-state index contributed by atoms with van der Waals surface area (Å²) in [5.41, 5.74) is -4.19. The van der Waals surface area contributed by atoms with E-state index < -0.39 is 51.1 Å². The van der Waals surface area contributed by atoms with Gasteiger partial charge in [-0.1, -0.05) is 25.3 Å². The van der Waals surface area contributed by atoms with Crippen LogP contribution in [0.15, 0.2) is 29.2 Å². The number of pyridine rings is 1. The Morgan fingerprint density at radius 1 is 1.19 bits per heavy atom. The monoisotopic (exact) mass is 446 g/mol. The Labute approximate surface area is 182 Å². The van der Waals surface area contributed by atoms with Gasteiger partial charge in [0.15, 0.2) is 11.5 Å². The molecule has 7 nitrogen and oxygen atoms in total. The number of aliphatic hydroxyl groups is 1. The zero-order chi connectivity index (χ0) is 23.3. The molecule has 1 aliphatic carbocycles. The minimum absolute atomic E-state index is 0.0146. The zero-order valence-corrected chi connectivity index (χ0v) is 17.6. The van der Waals surface area contributed by atoms with Crippen molar-refractivity contribution >= 4 is 11.7 Å². The Morgan fingerprint density at radius 2 is 1.91 bits per heavy atom. The molecule has 4 rings (SSSR count). The van der Waals surface area contributed by atoms with E-state index in [9.17, 15) is 33.4 Å². The van der Waals surface area contributed by atoms with E-state index >= 15 is 0 Å². The molecule has 2 unspecified atom stereocenters. The number of hydrogen-bond donors (Lipinski definition) is 3. The molecular weight excluding hydrogens is 422 g/mol. The fourth-order valence-electron chi connectivity index (χ4n) is 4.81. The topological polar surface area (TPSA) is 109 Å². The fourth-order valence-corrected chi connectivity index (χ4v) is 4.81. The number of aromatic hydroxyl groups is 1. The molecule has 170 valence electrons. The number of nitrogens with one attached hydrogen (secondary N) is 1. The van der Waals surface area contributed by atoms with Crippen LogP contribution in [-0.4, -0.2) is 32.1 Å². The molecule has 1 aliphatic heterocycles. The lowest BCUT2D eigenvalue weighted by Crippen LogP contribution is -2.58. The van der Waals surface area contributed by atoms with Gasteiger partial charge < -0.3 is 20.1 Å². The Balaban J connectivity index is 1.68. The summed E-state index contributed by atoms with van der Waals surface area (Å²) < 4.78 is 28.1. The van der Waals surface area contributed by atoms with E-state index in [1.807, 2.05) is 0 Å². The molecule has 32 heavy (non-hydrogen) atoms. The van der Waals surface area contributed by atoms with Crippen molar-refractivity contribution in [1.82, 2.24) is 9.88 Å². The minimum atomic E-state index is -1.37. The van der Waals surface area contributed by atoms with Gasteiger partial charge in [0.1, 0.15) is 22.9 Å². The van der Waals surface area contributed by atoms with Crippen molar-refractivity contribution in [3.63, 3.8) is 0 Å². The maximum absolute atomic E-state index is 13.8. The number of halogens is 2. The van der Waals surface area contributed by atoms with E-state index in [2.05, 4.69) is 5.32 Å². The van der Waals surface area contributed by atoms with E-state index in [1.54, 1.807) is 6.92 Å². The maximum atomic E-state index is 13.8. The van der Waals surface area contributed by atoms with Gasteiger partial charge in [-0.15, -0.1) is 0 Å². The van der Waals surface area contributed by atoms with Crippen LogP contribution >= 0.6 is 0 Å². The number of nitrogens with zero attached hydrogens (tertiary/aromatic N) is 1. The van der Waals surface area contributed by atoms with Crippen LogP contribution in [0.5, 0.6) is 5.75 Å². The molecule has 1 fully saturated rings. The second-order valence-corrected chi connectivity index (χ2v) is 8.87. The van der Waals surface area contributed by atoms with Crippen molar-refractivity contribution in [2.75, 3.05) is 0 Å². The number of benzene rings is 1. The molecule has 1 amide bonds. The van der Waals surface area contributed by atoms with Crippen molar-refractivity contribution in [2.24, 2.45) is 5.41 Å². The molecule has 2 heterocycles. The van der Waals surface area contributed by atoms with Gasteiger partial charge in [-0.2, -0.15) is 0 Å². The van der Waals surface area contributed by atoms with Crippen LogP contribution in [-0.2, 0) is 13.1 Å². The number of carbonyl (C=O) groups excluding carboxylic acids is 2. The number of aromatic nitrogens is 1. The van der Waals surface area contributed by atoms with Crippen molar-refractivity contribution in [1.29, 1.82) is 0 Å². The van der Waals surface area contributed by atoms with Crippen molar-refractivity contribution < 1.29 is 28.6 Å². The Bertz CT molecular complexity index is 1180. The molecule has 3 N–H and O–H groups in total. The largest absolute Gasteiger partial charge is 0.503 e. The van der Waals surface area contributed by atoms with Gasteiger partial charge in [0, 0.05) is 24.4 Å². The highest BCUT2D eigenvalue weighted by Crippen LogP contribution is 2.49. The van der Waals surface area contributed by atoms with Gasteiger partial charge in [0.2, 0.25) is 5.43 Å². The summed E-state index contributed by atoms with van der Waals surface area (Å²) in [7, 11) is 0. The third kappa shape index (κ3) is 3.40. The van der Waals surface area contributed by atoms with Gasteiger partial charge >= 0.3 is 0 Å².